The van der Waals surface area contributed by atoms with Crippen molar-refractivity contribution in [2.45, 2.75) is 51.3 Å². The summed E-state index contributed by atoms with van der Waals surface area (Å²) in [5.41, 5.74) is -1.66. The van der Waals surface area contributed by atoms with E-state index in [0.717, 1.165) is 5.39 Å². The van der Waals surface area contributed by atoms with E-state index >= 15 is 0 Å². The lowest BCUT2D eigenvalue weighted by Gasteiger charge is -2.32. The van der Waals surface area contributed by atoms with Crippen LogP contribution in [-0.4, -0.2) is 26.9 Å². The van der Waals surface area contributed by atoms with E-state index in [-0.39, 0.29) is 5.69 Å². The number of aromatic amines is 1. The van der Waals surface area contributed by atoms with Gasteiger partial charge in [0.05, 0.1) is 11.7 Å². The van der Waals surface area contributed by atoms with Gasteiger partial charge in [-0.25, -0.2) is 4.39 Å². The molecule has 0 aliphatic heterocycles. The Labute approximate surface area is 161 Å². The van der Waals surface area contributed by atoms with Crippen LogP contribution in [0.25, 0.3) is 10.9 Å². The van der Waals surface area contributed by atoms with Gasteiger partial charge in [-0.3, -0.25) is 4.98 Å². The van der Waals surface area contributed by atoms with Crippen molar-refractivity contribution < 1.29 is 22.7 Å². The van der Waals surface area contributed by atoms with Crippen LogP contribution in [0.2, 0.25) is 0 Å². The van der Waals surface area contributed by atoms with E-state index in [4.69, 9.17) is 0 Å². The highest BCUT2D eigenvalue weighted by Gasteiger charge is 2.54. The lowest BCUT2D eigenvalue weighted by Crippen LogP contribution is -2.48. The molecule has 2 unspecified atom stereocenters. The van der Waals surface area contributed by atoms with Gasteiger partial charge in [-0.05, 0) is 42.2 Å². The predicted molar refractivity (Wildman–Crippen MR) is 102 cm³/mol. The number of aliphatic hydroxyl groups is 1. The first-order valence-corrected chi connectivity index (χ1v) is 9.14. The number of hydrogen-bond donors (Lipinski definition) is 2. The molecular weight excluding hydrogens is 372 g/mol. The van der Waals surface area contributed by atoms with Crippen molar-refractivity contribution >= 4 is 10.9 Å². The highest BCUT2D eigenvalue weighted by molar-refractivity contribution is 5.79. The maximum Gasteiger partial charge on any atom is 0.417 e. The molecule has 0 aliphatic carbocycles. The Bertz CT molecular complexity index is 874. The molecule has 152 valence electrons. The van der Waals surface area contributed by atoms with Crippen molar-refractivity contribution in [3.05, 3.63) is 65.9 Å². The Morgan fingerprint density at radius 3 is 2.46 bits per heavy atom. The van der Waals surface area contributed by atoms with Crippen molar-refractivity contribution in [1.82, 2.24) is 9.97 Å². The van der Waals surface area contributed by atoms with Gasteiger partial charge in [0.1, 0.15) is 5.82 Å². The summed E-state index contributed by atoms with van der Waals surface area (Å²) in [5.74, 6) is -1.20. The normalized spacial score (nSPS) is 14.9. The van der Waals surface area contributed by atoms with E-state index in [9.17, 15) is 22.7 Å². The van der Waals surface area contributed by atoms with Gasteiger partial charge in [0.25, 0.3) is 0 Å². The van der Waals surface area contributed by atoms with Crippen molar-refractivity contribution in [1.29, 1.82) is 0 Å². The second-order valence-corrected chi connectivity index (χ2v) is 6.62. The summed E-state index contributed by atoms with van der Waals surface area (Å²) < 4.78 is 54.3. The van der Waals surface area contributed by atoms with Crippen LogP contribution in [-0.2, 0) is 6.42 Å². The molecule has 0 bridgehead atoms. The number of benzene rings is 1. The Morgan fingerprint density at radius 1 is 1.14 bits per heavy atom. The van der Waals surface area contributed by atoms with Crippen molar-refractivity contribution in [2.75, 3.05) is 0 Å². The molecule has 0 saturated heterocycles. The number of pyridine rings is 1. The summed E-state index contributed by atoms with van der Waals surface area (Å²) in [6.45, 7) is 5.54. The lowest BCUT2D eigenvalue weighted by molar-refractivity contribution is -0.263. The number of aromatic nitrogens is 2. The fraction of sp³-hybridized carbons (Fsp3) is 0.381. The maximum atomic E-state index is 13.7. The van der Waals surface area contributed by atoms with Crippen LogP contribution in [0.15, 0.2) is 48.8 Å². The summed E-state index contributed by atoms with van der Waals surface area (Å²) in [6.07, 6.45) is -2.97. The molecule has 2 heterocycles. The van der Waals surface area contributed by atoms with Gasteiger partial charge in [0.2, 0.25) is 0 Å². The number of hydrogen-bond acceptors (Lipinski definition) is 2. The molecule has 2 atom stereocenters. The summed E-state index contributed by atoms with van der Waals surface area (Å²) in [5, 5.41) is 11.2. The Morgan fingerprint density at radius 2 is 1.86 bits per heavy atom. The number of alkyl halides is 3. The Balaban J connectivity index is 0.00000136. The zero-order valence-electron chi connectivity index (χ0n) is 16.0. The van der Waals surface area contributed by atoms with Gasteiger partial charge in [0.15, 0.2) is 5.60 Å². The van der Waals surface area contributed by atoms with E-state index in [0.29, 0.717) is 11.1 Å². The standard InChI is InChI=1S/C19H18F4N2O.C2H6/c1-12(13-3-2-4-15(20)7-13)9-18(26,19(21,22)23)10-16-8-14-5-6-24-11-17(14)25-16;1-2/h2-8,11-12,25-26H,9-10H2,1H3;1-2H3. The van der Waals surface area contributed by atoms with Crippen molar-refractivity contribution in [3.8, 4) is 0 Å². The zero-order chi connectivity index (χ0) is 20.9. The minimum Gasteiger partial charge on any atom is -0.380 e. The van der Waals surface area contributed by atoms with Crippen LogP contribution in [0.5, 0.6) is 0 Å². The molecule has 0 saturated carbocycles. The summed E-state index contributed by atoms with van der Waals surface area (Å²) in [6, 6.07) is 8.66. The number of rotatable bonds is 5. The van der Waals surface area contributed by atoms with Gasteiger partial charge in [-0.1, -0.05) is 32.9 Å². The largest absolute Gasteiger partial charge is 0.417 e. The second-order valence-electron chi connectivity index (χ2n) is 6.62. The number of nitrogens with zero attached hydrogens (tertiary/aromatic N) is 1. The van der Waals surface area contributed by atoms with Crippen molar-refractivity contribution in [2.24, 2.45) is 0 Å². The first kappa shape index (κ1) is 21.9. The van der Waals surface area contributed by atoms with Crippen LogP contribution in [0.3, 0.4) is 0 Å². The molecule has 0 amide bonds. The first-order chi connectivity index (χ1) is 13.2. The van der Waals surface area contributed by atoms with Gasteiger partial charge in [-0.2, -0.15) is 13.2 Å². The predicted octanol–water partition coefficient (Wildman–Crippen LogP) is 5.76. The smallest absolute Gasteiger partial charge is 0.380 e. The molecule has 0 radical (unpaired) electrons. The SMILES string of the molecule is CC.CC(CC(O)(Cc1cc2ccncc2[nH]1)C(F)(F)F)c1cccc(F)c1. The minimum atomic E-state index is -4.83. The van der Waals surface area contributed by atoms with E-state index in [2.05, 4.69) is 9.97 Å². The fourth-order valence-electron chi connectivity index (χ4n) is 3.17. The monoisotopic (exact) mass is 396 g/mol. The second kappa shape index (κ2) is 8.73. The minimum absolute atomic E-state index is 0.263. The average molecular weight is 396 g/mol. The number of nitrogens with one attached hydrogen (secondary N) is 1. The molecule has 3 aromatic rings. The summed E-state index contributed by atoms with van der Waals surface area (Å²) >= 11 is 0. The number of H-pyrrole nitrogens is 1. The topological polar surface area (TPSA) is 48.9 Å². The highest BCUT2D eigenvalue weighted by atomic mass is 19.4. The maximum absolute atomic E-state index is 13.7. The molecular formula is C21H24F4N2O. The molecule has 3 rings (SSSR count). The Hall–Kier alpha value is -2.41. The summed E-state index contributed by atoms with van der Waals surface area (Å²) in [7, 11) is 0. The molecule has 0 aliphatic rings. The molecule has 2 N–H and O–H groups in total. The van der Waals surface area contributed by atoms with E-state index in [1.807, 2.05) is 13.8 Å². The quantitative estimate of drug-likeness (QED) is 0.539. The van der Waals surface area contributed by atoms with Crippen LogP contribution < -0.4 is 0 Å². The molecule has 2 aromatic heterocycles. The first-order valence-electron chi connectivity index (χ1n) is 9.14. The highest BCUT2D eigenvalue weighted by Crippen LogP contribution is 2.40. The number of halogens is 4. The van der Waals surface area contributed by atoms with Gasteiger partial charge >= 0.3 is 6.18 Å². The fourth-order valence-corrected chi connectivity index (χ4v) is 3.17. The molecule has 7 heteroatoms. The molecule has 3 nitrogen and oxygen atoms in total. The Kier molecular flexibility index (Phi) is 6.82. The average Bonchev–Trinajstić information content (AvgIpc) is 3.04. The zero-order valence-corrected chi connectivity index (χ0v) is 16.0. The number of fused-ring (bicyclic) bond motifs is 1. The summed E-state index contributed by atoms with van der Waals surface area (Å²) in [4.78, 5) is 6.78. The third kappa shape index (κ3) is 4.90. The van der Waals surface area contributed by atoms with E-state index < -0.39 is 36.4 Å². The van der Waals surface area contributed by atoms with Gasteiger partial charge in [0, 0.05) is 23.7 Å². The molecule has 1 aromatic carbocycles. The van der Waals surface area contributed by atoms with Gasteiger partial charge < -0.3 is 10.1 Å². The van der Waals surface area contributed by atoms with Crippen LogP contribution in [0.1, 0.15) is 44.4 Å². The van der Waals surface area contributed by atoms with Crippen LogP contribution >= 0.6 is 0 Å². The van der Waals surface area contributed by atoms with Crippen LogP contribution in [0, 0.1) is 5.82 Å². The van der Waals surface area contributed by atoms with Crippen LogP contribution in [0.4, 0.5) is 17.6 Å². The van der Waals surface area contributed by atoms with Gasteiger partial charge in [-0.15, -0.1) is 0 Å². The molecule has 0 spiro atoms. The molecule has 28 heavy (non-hydrogen) atoms. The van der Waals surface area contributed by atoms with Crippen molar-refractivity contribution in [3.63, 3.8) is 0 Å². The molecule has 0 fully saturated rings. The van der Waals surface area contributed by atoms with E-state index in [1.165, 1.54) is 24.4 Å². The third-order valence-electron chi connectivity index (χ3n) is 4.55. The third-order valence-corrected chi connectivity index (χ3v) is 4.55. The van der Waals surface area contributed by atoms with E-state index in [1.54, 1.807) is 31.3 Å². The lowest BCUT2D eigenvalue weighted by atomic mass is 9.83.